The summed E-state index contributed by atoms with van der Waals surface area (Å²) in [5.41, 5.74) is 1.53. The minimum Gasteiger partial charge on any atom is -0.497 e. The first-order valence-electron chi connectivity index (χ1n) is 7.31. The Morgan fingerprint density at radius 3 is 2.35 bits per heavy atom. The fourth-order valence-corrected chi connectivity index (χ4v) is 2.38. The van der Waals surface area contributed by atoms with Gasteiger partial charge in [-0.25, -0.2) is 0 Å². The van der Waals surface area contributed by atoms with E-state index in [1.54, 1.807) is 37.6 Å². The van der Waals surface area contributed by atoms with Crippen molar-refractivity contribution >= 4 is 5.91 Å². The number of furan rings is 1. The average molecular weight is 307 g/mol. The third-order valence-electron chi connectivity index (χ3n) is 3.59. The quantitative estimate of drug-likeness (QED) is 0.780. The molecule has 0 saturated heterocycles. The molecule has 1 atom stereocenters. The standard InChI is InChI=1S/C19H17NO3/c1-22-16-11-9-15(10-12-16)19(21)20-18(17-8-5-13-23-17)14-6-3-2-4-7-14/h2-13,18H,1H3,(H,20,21)/t18-/m1/s1. The van der Waals surface area contributed by atoms with Gasteiger partial charge >= 0.3 is 0 Å². The second-order valence-electron chi connectivity index (χ2n) is 5.06. The molecule has 3 rings (SSSR count). The van der Waals surface area contributed by atoms with Gasteiger partial charge in [0.15, 0.2) is 0 Å². The number of ether oxygens (including phenoxy) is 1. The van der Waals surface area contributed by atoms with Crippen LogP contribution in [0.2, 0.25) is 0 Å². The molecule has 1 heterocycles. The van der Waals surface area contributed by atoms with Crippen LogP contribution in [0.15, 0.2) is 77.4 Å². The summed E-state index contributed by atoms with van der Waals surface area (Å²) in [4.78, 5) is 12.5. The van der Waals surface area contributed by atoms with Gasteiger partial charge in [0.2, 0.25) is 0 Å². The maximum absolute atomic E-state index is 12.5. The Bertz CT molecular complexity index is 749. The molecular weight excluding hydrogens is 290 g/mol. The monoisotopic (exact) mass is 307 g/mol. The van der Waals surface area contributed by atoms with Crippen molar-refractivity contribution in [3.63, 3.8) is 0 Å². The van der Waals surface area contributed by atoms with Crippen molar-refractivity contribution in [1.82, 2.24) is 5.32 Å². The highest BCUT2D eigenvalue weighted by Gasteiger charge is 2.20. The molecule has 0 aliphatic heterocycles. The number of benzene rings is 2. The molecular formula is C19H17NO3. The minimum absolute atomic E-state index is 0.169. The molecule has 4 nitrogen and oxygen atoms in total. The first-order valence-corrected chi connectivity index (χ1v) is 7.31. The Morgan fingerprint density at radius 2 is 1.74 bits per heavy atom. The smallest absolute Gasteiger partial charge is 0.252 e. The van der Waals surface area contributed by atoms with Gasteiger partial charge in [-0.2, -0.15) is 0 Å². The van der Waals surface area contributed by atoms with Crippen molar-refractivity contribution in [2.24, 2.45) is 0 Å². The predicted molar refractivity (Wildman–Crippen MR) is 87.5 cm³/mol. The summed E-state index contributed by atoms with van der Waals surface area (Å²) >= 11 is 0. The molecule has 2 aromatic carbocycles. The summed E-state index contributed by atoms with van der Waals surface area (Å²) in [6.45, 7) is 0. The second kappa shape index (κ2) is 6.83. The van der Waals surface area contributed by atoms with Crippen LogP contribution >= 0.6 is 0 Å². The van der Waals surface area contributed by atoms with E-state index in [9.17, 15) is 4.79 Å². The third kappa shape index (κ3) is 3.43. The van der Waals surface area contributed by atoms with E-state index in [4.69, 9.17) is 9.15 Å². The zero-order valence-electron chi connectivity index (χ0n) is 12.7. The van der Waals surface area contributed by atoms with Gasteiger partial charge in [0.25, 0.3) is 5.91 Å². The van der Waals surface area contributed by atoms with Gasteiger partial charge in [-0.3, -0.25) is 4.79 Å². The van der Waals surface area contributed by atoms with E-state index in [0.717, 1.165) is 5.56 Å². The summed E-state index contributed by atoms with van der Waals surface area (Å²) in [6, 6.07) is 20.1. The van der Waals surface area contributed by atoms with Crippen molar-refractivity contribution in [3.8, 4) is 5.75 Å². The van der Waals surface area contributed by atoms with Gasteiger partial charge in [-0.05, 0) is 42.0 Å². The van der Waals surface area contributed by atoms with Gasteiger partial charge in [0.05, 0.1) is 13.4 Å². The number of carbonyl (C=O) groups is 1. The van der Waals surface area contributed by atoms with Crippen LogP contribution in [0.3, 0.4) is 0 Å². The summed E-state index contributed by atoms with van der Waals surface area (Å²) in [5.74, 6) is 1.24. The second-order valence-corrected chi connectivity index (χ2v) is 5.06. The summed E-state index contributed by atoms with van der Waals surface area (Å²) < 4.78 is 10.6. The zero-order chi connectivity index (χ0) is 16.1. The van der Waals surface area contributed by atoms with Crippen molar-refractivity contribution in [2.45, 2.75) is 6.04 Å². The Morgan fingerprint density at radius 1 is 1.00 bits per heavy atom. The van der Waals surface area contributed by atoms with Crippen LogP contribution < -0.4 is 10.1 Å². The summed E-state index contributed by atoms with van der Waals surface area (Å²) in [6.07, 6.45) is 1.60. The first-order chi connectivity index (χ1) is 11.3. The lowest BCUT2D eigenvalue weighted by molar-refractivity contribution is 0.0939. The van der Waals surface area contributed by atoms with Crippen LogP contribution in [0.5, 0.6) is 5.75 Å². The van der Waals surface area contributed by atoms with E-state index in [-0.39, 0.29) is 11.9 Å². The number of methoxy groups -OCH3 is 1. The van der Waals surface area contributed by atoms with Gasteiger partial charge in [0, 0.05) is 5.56 Å². The van der Waals surface area contributed by atoms with E-state index in [2.05, 4.69) is 5.32 Å². The molecule has 3 aromatic rings. The van der Waals surface area contributed by atoms with E-state index in [1.165, 1.54) is 0 Å². The number of carbonyl (C=O) groups excluding carboxylic acids is 1. The predicted octanol–water partition coefficient (Wildman–Crippen LogP) is 3.81. The molecule has 0 unspecified atom stereocenters. The fraction of sp³-hybridized carbons (Fsp3) is 0.105. The van der Waals surface area contributed by atoms with Crippen LogP contribution in [-0.4, -0.2) is 13.0 Å². The van der Waals surface area contributed by atoms with Crippen LogP contribution in [0, 0.1) is 0 Å². The highest BCUT2D eigenvalue weighted by atomic mass is 16.5. The van der Waals surface area contributed by atoms with Crippen LogP contribution in [0.25, 0.3) is 0 Å². The average Bonchev–Trinajstić information content (AvgIpc) is 3.14. The van der Waals surface area contributed by atoms with E-state index in [0.29, 0.717) is 17.1 Å². The third-order valence-corrected chi connectivity index (χ3v) is 3.59. The van der Waals surface area contributed by atoms with Gasteiger partial charge < -0.3 is 14.5 Å². The lowest BCUT2D eigenvalue weighted by Gasteiger charge is -2.17. The van der Waals surface area contributed by atoms with Crippen LogP contribution in [0.4, 0.5) is 0 Å². The highest BCUT2D eigenvalue weighted by molar-refractivity contribution is 5.94. The molecule has 1 N–H and O–H groups in total. The Hall–Kier alpha value is -3.01. The largest absolute Gasteiger partial charge is 0.497 e. The maximum atomic E-state index is 12.5. The first kappa shape index (κ1) is 14.9. The lowest BCUT2D eigenvalue weighted by atomic mass is 10.0. The molecule has 116 valence electrons. The van der Waals surface area contributed by atoms with Crippen molar-refractivity contribution < 1.29 is 13.9 Å². The maximum Gasteiger partial charge on any atom is 0.252 e. The molecule has 0 aliphatic carbocycles. The lowest BCUT2D eigenvalue weighted by Crippen LogP contribution is -2.29. The molecule has 23 heavy (non-hydrogen) atoms. The minimum atomic E-state index is -0.333. The number of rotatable bonds is 5. The molecule has 0 saturated carbocycles. The molecule has 0 spiro atoms. The number of nitrogens with one attached hydrogen (secondary N) is 1. The Labute approximate surface area is 134 Å². The molecule has 0 bridgehead atoms. The summed E-state index contributed by atoms with van der Waals surface area (Å²) in [5, 5.41) is 3.02. The van der Waals surface area contributed by atoms with Crippen molar-refractivity contribution in [1.29, 1.82) is 0 Å². The number of hydrogen-bond acceptors (Lipinski definition) is 3. The van der Waals surface area contributed by atoms with E-state index >= 15 is 0 Å². The van der Waals surface area contributed by atoms with Gasteiger partial charge in [-0.15, -0.1) is 0 Å². The SMILES string of the molecule is COc1ccc(C(=O)N[C@H](c2ccccc2)c2ccco2)cc1. The Kier molecular flexibility index (Phi) is 4.43. The van der Waals surface area contributed by atoms with Crippen molar-refractivity contribution in [2.75, 3.05) is 7.11 Å². The molecule has 0 aliphatic rings. The van der Waals surface area contributed by atoms with Gasteiger partial charge in [-0.1, -0.05) is 30.3 Å². The van der Waals surface area contributed by atoms with Crippen molar-refractivity contribution in [3.05, 3.63) is 89.9 Å². The topological polar surface area (TPSA) is 51.5 Å². The number of hydrogen-bond donors (Lipinski definition) is 1. The van der Waals surface area contributed by atoms with E-state index in [1.807, 2.05) is 42.5 Å². The normalized spacial score (nSPS) is 11.7. The van der Waals surface area contributed by atoms with E-state index < -0.39 is 0 Å². The highest BCUT2D eigenvalue weighted by Crippen LogP contribution is 2.23. The molecule has 0 fully saturated rings. The molecule has 4 heteroatoms. The molecule has 1 amide bonds. The fourth-order valence-electron chi connectivity index (χ4n) is 2.38. The van der Waals surface area contributed by atoms with Crippen LogP contribution in [0.1, 0.15) is 27.7 Å². The molecule has 1 aromatic heterocycles. The van der Waals surface area contributed by atoms with Gasteiger partial charge in [0.1, 0.15) is 17.6 Å². The zero-order valence-corrected chi connectivity index (χ0v) is 12.7. The number of amides is 1. The van der Waals surface area contributed by atoms with Crippen LogP contribution in [-0.2, 0) is 0 Å². The Balaban J connectivity index is 1.85. The molecule has 0 radical (unpaired) electrons. The summed E-state index contributed by atoms with van der Waals surface area (Å²) in [7, 11) is 1.59.